The first-order valence-electron chi connectivity index (χ1n) is 7.31. The molecule has 0 aliphatic heterocycles. The van der Waals surface area contributed by atoms with Crippen LogP contribution in [0.5, 0.6) is 5.75 Å². The van der Waals surface area contributed by atoms with Gasteiger partial charge in [0.1, 0.15) is 23.7 Å². The number of benzene rings is 1. The lowest BCUT2D eigenvalue weighted by atomic mass is 10.2. The normalized spacial score (nSPS) is 10.7. The van der Waals surface area contributed by atoms with E-state index in [2.05, 4.69) is 10.3 Å². The number of imidazole rings is 1. The molecule has 0 unspecified atom stereocenters. The van der Waals surface area contributed by atoms with Crippen LogP contribution in [0.15, 0.2) is 54.9 Å². The van der Waals surface area contributed by atoms with E-state index in [9.17, 15) is 4.79 Å². The summed E-state index contributed by atoms with van der Waals surface area (Å²) in [5.41, 5.74) is 2.06. The third-order valence-electron chi connectivity index (χ3n) is 3.41. The Labute approximate surface area is 133 Å². The van der Waals surface area contributed by atoms with Crippen molar-refractivity contribution in [1.29, 1.82) is 0 Å². The van der Waals surface area contributed by atoms with Crippen LogP contribution in [0.2, 0.25) is 0 Å². The Morgan fingerprint density at radius 2 is 2.04 bits per heavy atom. The zero-order valence-electron chi connectivity index (χ0n) is 12.5. The molecule has 0 bridgehead atoms. The van der Waals surface area contributed by atoms with Gasteiger partial charge in [0, 0.05) is 18.3 Å². The Morgan fingerprint density at radius 3 is 2.91 bits per heavy atom. The van der Waals surface area contributed by atoms with Crippen molar-refractivity contribution >= 4 is 11.6 Å². The lowest BCUT2D eigenvalue weighted by molar-refractivity contribution is 0.0944. The zero-order chi connectivity index (χ0) is 16.1. The zero-order valence-corrected chi connectivity index (χ0v) is 12.5. The summed E-state index contributed by atoms with van der Waals surface area (Å²) >= 11 is 0. The summed E-state index contributed by atoms with van der Waals surface area (Å²) < 4.78 is 7.20. The number of hydrogen-bond acceptors (Lipinski definition) is 4. The molecule has 0 aliphatic rings. The molecule has 0 saturated heterocycles. The Hall–Kier alpha value is -2.86. The molecule has 0 atom stereocenters. The van der Waals surface area contributed by atoms with Gasteiger partial charge in [0.05, 0.1) is 12.8 Å². The van der Waals surface area contributed by atoms with Crippen molar-refractivity contribution in [3.8, 4) is 5.75 Å². The molecule has 118 valence electrons. The van der Waals surface area contributed by atoms with E-state index in [0.717, 1.165) is 11.2 Å². The monoisotopic (exact) mass is 311 g/mol. The number of ether oxygens (including phenoxy) is 1. The largest absolute Gasteiger partial charge is 0.491 e. The minimum atomic E-state index is -0.208. The third-order valence-corrected chi connectivity index (χ3v) is 3.41. The molecule has 0 radical (unpaired) electrons. The SMILES string of the molecule is O=C(NCc1ccccc1OCCO)c1cnc2ccccn12. The van der Waals surface area contributed by atoms with E-state index >= 15 is 0 Å². The van der Waals surface area contributed by atoms with Gasteiger partial charge in [0.25, 0.3) is 5.91 Å². The van der Waals surface area contributed by atoms with Gasteiger partial charge in [0.2, 0.25) is 0 Å². The number of aliphatic hydroxyl groups is 1. The average Bonchev–Trinajstić information content (AvgIpc) is 3.02. The number of amides is 1. The van der Waals surface area contributed by atoms with E-state index in [4.69, 9.17) is 9.84 Å². The fourth-order valence-corrected chi connectivity index (χ4v) is 2.31. The average molecular weight is 311 g/mol. The van der Waals surface area contributed by atoms with Gasteiger partial charge >= 0.3 is 0 Å². The Balaban J connectivity index is 1.72. The van der Waals surface area contributed by atoms with E-state index in [0.29, 0.717) is 18.0 Å². The molecule has 23 heavy (non-hydrogen) atoms. The molecule has 6 heteroatoms. The maximum atomic E-state index is 12.4. The van der Waals surface area contributed by atoms with Crippen LogP contribution in [0.3, 0.4) is 0 Å². The number of rotatable bonds is 6. The number of pyridine rings is 1. The van der Waals surface area contributed by atoms with E-state index in [1.165, 1.54) is 0 Å². The number of carbonyl (C=O) groups is 1. The lowest BCUT2D eigenvalue weighted by Gasteiger charge is -2.11. The van der Waals surface area contributed by atoms with Crippen molar-refractivity contribution in [2.45, 2.75) is 6.54 Å². The molecule has 2 heterocycles. The summed E-state index contributed by atoms with van der Waals surface area (Å²) in [7, 11) is 0. The first-order chi connectivity index (χ1) is 11.3. The number of aromatic nitrogens is 2. The predicted octanol–water partition coefficient (Wildman–Crippen LogP) is 1.64. The van der Waals surface area contributed by atoms with Crippen LogP contribution in [0.4, 0.5) is 0 Å². The van der Waals surface area contributed by atoms with Gasteiger partial charge < -0.3 is 15.2 Å². The number of nitrogens with one attached hydrogen (secondary N) is 1. The van der Waals surface area contributed by atoms with E-state index in [-0.39, 0.29) is 19.1 Å². The van der Waals surface area contributed by atoms with Crippen LogP contribution in [0, 0.1) is 0 Å². The first-order valence-corrected chi connectivity index (χ1v) is 7.31. The standard InChI is InChI=1S/C17H17N3O3/c21-9-10-23-15-6-2-1-5-13(15)11-19-17(22)14-12-18-16-7-3-4-8-20(14)16/h1-8,12,21H,9-11H2,(H,19,22). The third kappa shape index (κ3) is 3.32. The van der Waals surface area contributed by atoms with E-state index < -0.39 is 0 Å². The molecule has 0 aliphatic carbocycles. The molecule has 0 spiro atoms. The lowest BCUT2D eigenvalue weighted by Crippen LogP contribution is -2.24. The Bertz CT molecular complexity index is 813. The quantitative estimate of drug-likeness (QED) is 0.725. The predicted molar refractivity (Wildman–Crippen MR) is 85.4 cm³/mol. The minimum Gasteiger partial charge on any atom is -0.491 e. The number of para-hydroxylation sites is 1. The summed E-state index contributed by atoms with van der Waals surface area (Å²) in [6.45, 7) is 0.501. The molecule has 1 aromatic carbocycles. The van der Waals surface area contributed by atoms with Gasteiger partial charge in [-0.3, -0.25) is 9.20 Å². The fourth-order valence-electron chi connectivity index (χ4n) is 2.31. The molecule has 3 aromatic rings. The highest BCUT2D eigenvalue weighted by Gasteiger charge is 2.12. The minimum absolute atomic E-state index is 0.0531. The molecule has 2 aromatic heterocycles. The van der Waals surface area contributed by atoms with E-state index in [1.54, 1.807) is 16.8 Å². The number of carbonyl (C=O) groups excluding carboxylic acids is 1. The Morgan fingerprint density at radius 1 is 1.22 bits per heavy atom. The van der Waals surface area contributed by atoms with Crippen molar-refractivity contribution in [3.63, 3.8) is 0 Å². The number of hydrogen-bond donors (Lipinski definition) is 2. The van der Waals surface area contributed by atoms with Crippen molar-refractivity contribution in [2.75, 3.05) is 13.2 Å². The van der Waals surface area contributed by atoms with Crippen LogP contribution >= 0.6 is 0 Å². The molecule has 0 saturated carbocycles. The maximum Gasteiger partial charge on any atom is 0.270 e. The molecular formula is C17H17N3O3. The van der Waals surface area contributed by atoms with Crippen molar-refractivity contribution in [3.05, 3.63) is 66.1 Å². The van der Waals surface area contributed by atoms with E-state index in [1.807, 2.05) is 42.5 Å². The molecule has 3 rings (SSSR count). The van der Waals surface area contributed by atoms with Crippen LogP contribution in [0.1, 0.15) is 16.1 Å². The molecule has 2 N–H and O–H groups in total. The molecule has 0 fully saturated rings. The highest BCUT2D eigenvalue weighted by Crippen LogP contribution is 2.17. The van der Waals surface area contributed by atoms with Crippen LogP contribution in [-0.4, -0.2) is 33.6 Å². The highest BCUT2D eigenvalue weighted by molar-refractivity contribution is 5.93. The second-order valence-corrected chi connectivity index (χ2v) is 4.93. The summed E-state index contributed by atoms with van der Waals surface area (Å²) in [6.07, 6.45) is 3.36. The second kappa shape index (κ2) is 6.93. The smallest absolute Gasteiger partial charge is 0.270 e. The van der Waals surface area contributed by atoms with Gasteiger partial charge in [-0.1, -0.05) is 24.3 Å². The second-order valence-electron chi connectivity index (χ2n) is 4.93. The topological polar surface area (TPSA) is 75.9 Å². The van der Waals surface area contributed by atoms with Gasteiger partial charge in [-0.2, -0.15) is 0 Å². The highest BCUT2D eigenvalue weighted by atomic mass is 16.5. The van der Waals surface area contributed by atoms with Gasteiger partial charge in [-0.15, -0.1) is 0 Å². The summed E-state index contributed by atoms with van der Waals surface area (Å²) in [5, 5.41) is 11.7. The summed E-state index contributed by atoms with van der Waals surface area (Å²) in [5.74, 6) is 0.445. The first kappa shape index (κ1) is 15.1. The van der Waals surface area contributed by atoms with Gasteiger partial charge in [-0.25, -0.2) is 4.98 Å². The van der Waals surface area contributed by atoms with Crippen LogP contribution < -0.4 is 10.1 Å². The van der Waals surface area contributed by atoms with Crippen molar-refractivity contribution in [1.82, 2.24) is 14.7 Å². The maximum absolute atomic E-state index is 12.4. The van der Waals surface area contributed by atoms with Gasteiger partial charge in [-0.05, 0) is 18.2 Å². The summed E-state index contributed by atoms with van der Waals surface area (Å²) in [4.78, 5) is 16.6. The fraction of sp³-hybridized carbons (Fsp3) is 0.176. The number of fused-ring (bicyclic) bond motifs is 1. The molecule has 1 amide bonds. The van der Waals surface area contributed by atoms with Crippen molar-refractivity contribution in [2.24, 2.45) is 0 Å². The molecular weight excluding hydrogens is 294 g/mol. The summed E-state index contributed by atoms with van der Waals surface area (Å²) in [6, 6.07) is 13.0. The molecule has 6 nitrogen and oxygen atoms in total. The number of aliphatic hydroxyl groups excluding tert-OH is 1. The van der Waals surface area contributed by atoms with Crippen LogP contribution in [-0.2, 0) is 6.54 Å². The number of nitrogens with zero attached hydrogens (tertiary/aromatic N) is 2. The van der Waals surface area contributed by atoms with Crippen molar-refractivity contribution < 1.29 is 14.6 Å². The van der Waals surface area contributed by atoms with Gasteiger partial charge in [0.15, 0.2) is 0 Å². The Kier molecular flexibility index (Phi) is 4.54. The van der Waals surface area contributed by atoms with Crippen LogP contribution in [0.25, 0.3) is 5.65 Å².